The standard InChI is InChI=1S/C24H26N2O3/c1-18(2)22-21(16-20-12-7-4-8-13-20)26(24(28)25-23(22)27)17-29-15-9-14-19-10-5-3-6-11-19/h3-14,18H,15-17H2,1-2H3,(H,25,27,28)/b14-9+. The second-order valence-electron chi connectivity index (χ2n) is 7.18. The molecule has 1 aromatic heterocycles. The van der Waals surface area contributed by atoms with Crippen molar-refractivity contribution in [1.82, 2.24) is 9.55 Å². The Bertz CT molecular complexity index is 1060. The van der Waals surface area contributed by atoms with Crippen molar-refractivity contribution in [1.29, 1.82) is 0 Å². The molecule has 0 amide bonds. The first-order valence-electron chi connectivity index (χ1n) is 9.75. The molecular formula is C24H26N2O3. The number of benzene rings is 2. The summed E-state index contributed by atoms with van der Waals surface area (Å²) in [5, 5.41) is 0. The fourth-order valence-electron chi connectivity index (χ4n) is 3.30. The molecule has 0 radical (unpaired) electrons. The maximum Gasteiger partial charge on any atom is 0.330 e. The maximum atomic E-state index is 12.5. The van der Waals surface area contributed by atoms with E-state index < -0.39 is 5.69 Å². The summed E-state index contributed by atoms with van der Waals surface area (Å²) in [7, 11) is 0. The van der Waals surface area contributed by atoms with Gasteiger partial charge in [-0.2, -0.15) is 0 Å². The van der Waals surface area contributed by atoms with E-state index in [-0.39, 0.29) is 18.2 Å². The highest BCUT2D eigenvalue weighted by molar-refractivity contribution is 5.48. The largest absolute Gasteiger partial charge is 0.357 e. The summed E-state index contributed by atoms with van der Waals surface area (Å²) in [6.45, 7) is 4.35. The number of nitrogens with zero attached hydrogens (tertiary/aromatic N) is 1. The van der Waals surface area contributed by atoms with Crippen LogP contribution >= 0.6 is 0 Å². The number of rotatable bonds is 8. The molecule has 5 heteroatoms. The first-order chi connectivity index (χ1) is 14.1. The highest BCUT2D eigenvalue weighted by Crippen LogP contribution is 2.18. The van der Waals surface area contributed by atoms with Crippen LogP contribution in [0.5, 0.6) is 0 Å². The Morgan fingerprint density at radius 1 is 1.00 bits per heavy atom. The second kappa shape index (κ2) is 9.85. The molecule has 0 bridgehead atoms. The molecule has 3 aromatic rings. The molecule has 0 fully saturated rings. The van der Waals surface area contributed by atoms with Crippen LogP contribution < -0.4 is 11.2 Å². The first kappa shape index (κ1) is 20.6. The molecule has 150 valence electrons. The van der Waals surface area contributed by atoms with E-state index in [1.54, 1.807) is 0 Å². The van der Waals surface area contributed by atoms with Gasteiger partial charge in [0.15, 0.2) is 0 Å². The van der Waals surface area contributed by atoms with Gasteiger partial charge in [-0.3, -0.25) is 14.3 Å². The normalized spacial score (nSPS) is 11.4. The van der Waals surface area contributed by atoms with Crippen molar-refractivity contribution in [2.24, 2.45) is 0 Å². The molecule has 0 aliphatic heterocycles. The number of ether oxygens (including phenoxy) is 1. The van der Waals surface area contributed by atoms with Crippen LogP contribution in [-0.2, 0) is 17.9 Å². The Morgan fingerprint density at radius 3 is 2.31 bits per heavy atom. The molecule has 3 rings (SSSR count). The number of nitrogens with one attached hydrogen (secondary N) is 1. The van der Waals surface area contributed by atoms with Crippen LogP contribution in [0.3, 0.4) is 0 Å². The summed E-state index contributed by atoms with van der Waals surface area (Å²) in [6.07, 6.45) is 4.38. The third-order valence-electron chi connectivity index (χ3n) is 4.68. The third-order valence-corrected chi connectivity index (χ3v) is 4.68. The van der Waals surface area contributed by atoms with Crippen molar-refractivity contribution in [3.63, 3.8) is 0 Å². The van der Waals surface area contributed by atoms with E-state index >= 15 is 0 Å². The third kappa shape index (κ3) is 5.42. The Morgan fingerprint density at radius 2 is 1.66 bits per heavy atom. The minimum atomic E-state index is -0.447. The molecule has 0 spiro atoms. The monoisotopic (exact) mass is 390 g/mol. The van der Waals surface area contributed by atoms with Gasteiger partial charge in [-0.25, -0.2) is 4.79 Å². The summed E-state index contributed by atoms with van der Waals surface area (Å²) in [6, 6.07) is 19.8. The lowest BCUT2D eigenvalue weighted by Crippen LogP contribution is -2.36. The fraction of sp³-hybridized carbons (Fsp3) is 0.250. The van der Waals surface area contributed by atoms with Crippen LogP contribution in [0.2, 0.25) is 0 Å². The summed E-state index contributed by atoms with van der Waals surface area (Å²) >= 11 is 0. The maximum absolute atomic E-state index is 12.5. The lowest BCUT2D eigenvalue weighted by atomic mass is 9.98. The quantitative estimate of drug-likeness (QED) is 0.593. The van der Waals surface area contributed by atoms with Crippen LogP contribution in [0.15, 0.2) is 76.3 Å². The van der Waals surface area contributed by atoms with Crippen molar-refractivity contribution in [2.45, 2.75) is 32.9 Å². The Balaban J connectivity index is 1.83. The average molecular weight is 390 g/mol. The summed E-state index contributed by atoms with van der Waals surface area (Å²) < 4.78 is 7.26. The Kier molecular flexibility index (Phi) is 6.98. The molecule has 0 aliphatic carbocycles. The molecule has 0 atom stereocenters. The van der Waals surface area contributed by atoms with Gasteiger partial charge in [0.25, 0.3) is 5.56 Å². The predicted octanol–water partition coefficient (Wildman–Crippen LogP) is 3.94. The lowest BCUT2D eigenvalue weighted by molar-refractivity contribution is 0.0944. The molecule has 2 aromatic carbocycles. The Hall–Kier alpha value is -3.18. The molecule has 0 aliphatic rings. The van der Waals surface area contributed by atoms with E-state index in [0.29, 0.717) is 24.3 Å². The number of aromatic nitrogens is 2. The highest BCUT2D eigenvalue weighted by atomic mass is 16.5. The van der Waals surface area contributed by atoms with E-state index in [2.05, 4.69) is 4.98 Å². The Labute approximate surface area is 170 Å². The molecule has 1 N–H and O–H groups in total. The van der Waals surface area contributed by atoms with Gasteiger partial charge >= 0.3 is 5.69 Å². The number of hydrogen-bond acceptors (Lipinski definition) is 3. The molecule has 0 saturated heterocycles. The van der Waals surface area contributed by atoms with E-state index in [1.165, 1.54) is 4.57 Å². The predicted molar refractivity (Wildman–Crippen MR) is 116 cm³/mol. The molecule has 5 nitrogen and oxygen atoms in total. The topological polar surface area (TPSA) is 64.1 Å². The van der Waals surface area contributed by atoms with Crippen LogP contribution in [-0.4, -0.2) is 16.2 Å². The van der Waals surface area contributed by atoms with E-state index in [0.717, 1.165) is 11.1 Å². The zero-order valence-electron chi connectivity index (χ0n) is 16.8. The van der Waals surface area contributed by atoms with Gasteiger partial charge < -0.3 is 4.74 Å². The zero-order valence-corrected chi connectivity index (χ0v) is 16.8. The summed E-state index contributed by atoms with van der Waals surface area (Å²) in [5.41, 5.74) is 2.68. The molecule has 1 heterocycles. The van der Waals surface area contributed by atoms with Crippen LogP contribution in [0, 0.1) is 0 Å². The van der Waals surface area contributed by atoms with Crippen molar-refractivity contribution in [2.75, 3.05) is 6.61 Å². The fourth-order valence-corrected chi connectivity index (χ4v) is 3.30. The van der Waals surface area contributed by atoms with Gasteiger partial charge in [0.1, 0.15) is 6.73 Å². The minimum Gasteiger partial charge on any atom is -0.357 e. The van der Waals surface area contributed by atoms with Crippen LogP contribution in [0.25, 0.3) is 6.08 Å². The summed E-state index contributed by atoms with van der Waals surface area (Å²) in [4.78, 5) is 27.4. The van der Waals surface area contributed by atoms with Crippen LogP contribution in [0.1, 0.15) is 42.1 Å². The van der Waals surface area contributed by atoms with Crippen molar-refractivity contribution in [3.8, 4) is 0 Å². The minimum absolute atomic E-state index is 0.0118. The second-order valence-corrected chi connectivity index (χ2v) is 7.18. The molecule has 29 heavy (non-hydrogen) atoms. The van der Waals surface area contributed by atoms with Gasteiger partial charge in [0, 0.05) is 17.7 Å². The first-order valence-corrected chi connectivity index (χ1v) is 9.75. The number of hydrogen-bond donors (Lipinski definition) is 1. The molecule has 0 unspecified atom stereocenters. The SMILES string of the molecule is CC(C)c1c(Cc2ccccc2)n(COC/C=C/c2ccccc2)c(=O)[nH]c1=O. The number of aromatic amines is 1. The lowest BCUT2D eigenvalue weighted by Gasteiger charge is -2.18. The van der Waals surface area contributed by atoms with Crippen molar-refractivity contribution in [3.05, 3.63) is 110 Å². The average Bonchev–Trinajstić information content (AvgIpc) is 2.71. The van der Waals surface area contributed by atoms with Gasteiger partial charge in [-0.1, -0.05) is 86.7 Å². The number of H-pyrrole nitrogens is 1. The van der Waals surface area contributed by atoms with E-state index in [4.69, 9.17) is 4.74 Å². The highest BCUT2D eigenvalue weighted by Gasteiger charge is 2.18. The van der Waals surface area contributed by atoms with E-state index in [9.17, 15) is 9.59 Å². The zero-order chi connectivity index (χ0) is 20.6. The smallest absolute Gasteiger partial charge is 0.330 e. The van der Waals surface area contributed by atoms with Gasteiger partial charge in [-0.15, -0.1) is 0 Å². The molecule has 0 saturated carbocycles. The van der Waals surface area contributed by atoms with Crippen LogP contribution in [0.4, 0.5) is 0 Å². The van der Waals surface area contributed by atoms with E-state index in [1.807, 2.05) is 86.7 Å². The van der Waals surface area contributed by atoms with Gasteiger partial charge in [-0.05, 0) is 17.0 Å². The van der Waals surface area contributed by atoms with Gasteiger partial charge in [0.05, 0.1) is 6.61 Å². The molecular weight excluding hydrogens is 364 g/mol. The van der Waals surface area contributed by atoms with Crippen molar-refractivity contribution >= 4 is 6.08 Å². The van der Waals surface area contributed by atoms with Gasteiger partial charge in [0.2, 0.25) is 0 Å². The van der Waals surface area contributed by atoms with Crippen molar-refractivity contribution < 1.29 is 4.74 Å². The summed E-state index contributed by atoms with van der Waals surface area (Å²) in [5.74, 6) is -0.0118.